The molecule has 5 fully saturated rings. The summed E-state index contributed by atoms with van der Waals surface area (Å²) in [4.78, 5) is 38.7. The van der Waals surface area contributed by atoms with Gasteiger partial charge in [-0.2, -0.15) is 0 Å². The van der Waals surface area contributed by atoms with Crippen molar-refractivity contribution in [3.63, 3.8) is 0 Å². The van der Waals surface area contributed by atoms with Gasteiger partial charge in [0, 0.05) is 18.7 Å². The highest BCUT2D eigenvalue weighted by molar-refractivity contribution is 5.98. The van der Waals surface area contributed by atoms with E-state index in [-0.39, 0.29) is 58.3 Å². The van der Waals surface area contributed by atoms with E-state index < -0.39 is 23.1 Å². The Morgan fingerprint density at radius 2 is 1.62 bits per heavy atom. The zero-order chi connectivity index (χ0) is 28.7. The molecule has 9 heteroatoms. The number of aliphatic carboxylic acids is 1. The molecule has 1 aromatic rings. The molecule has 5 aliphatic rings. The molecular weight excluding hydrogens is 515 g/mol. The largest absolute Gasteiger partial charge is 0.496 e. The molecule has 0 saturated heterocycles. The van der Waals surface area contributed by atoms with Crippen LogP contribution < -0.4 is 20.1 Å². The Labute approximate surface area is 235 Å². The summed E-state index contributed by atoms with van der Waals surface area (Å²) in [6.07, 6.45) is 8.88. The fourth-order valence-electron chi connectivity index (χ4n) is 7.35. The number of hydrogen-bond acceptors (Lipinski definition) is 5. The number of carbonyl (C=O) groups is 3. The Morgan fingerprint density at radius 1 is 0.975 bits per heavy atom. The van der Waals surface area contributed by atoms with Crippen LogP contribution in [0, 0.1) is 34.4 Å². The van der Waals surface area contributed by atoms with Gasteiger partial charge in [0.05, 0.1) is 30.1 Å². The first-order chi connectivity index (χ1) is 19.0. The van der Waals surface area contributed by atoms with Crippen LogP contribution in [0.15, 0.2) is 12.1 Å². The average Bonchev–Trinajstić information content (AvgIpc) is 2.93. The van der Waals surface area contributed by atoms with Gasteiger partial charge in [0.1, 0.15) is 5.75 Å². The van der Waals surface area contributed by atoms with Crippen molar-refractivity contribution >= 4 is 17.8 Å². The number of rotatable bonds is 9. The average molecular weight is 559 g/mol. The van der Waals surface area contributed by atoms with Crippen LogP contribution in [-0.2, 0) is 9.59 Å². The third-order valence-corrected chi connectivity index (χ3v) is 10.4. The van der Waals surface area contributed by atoms with Crippen LogP contribution in [0.2, 0.25) is 0 Å². The standard InChI is InChI=1S/C31H43FN2O6/c1-30(11-4-12-30)17-33-28(36)25-18-5-7-19(8-6-18)26(25)34-27(35)21-15-24(22(32)16-23(21)39-3)40-20-9-13-31(2,14-10-20)29(37)38/h15-16,18-20,25-26H,4-14,17H2,1-3H3,(H,33,36)(H,34,35)(H,37,38)/t18?,19?,20?,25-,26+,31?/m0/s1. The first-order valence-corrected chi connectivity index (χ1v) is 14.9. The van der Waals surface area contributed by atoms with Gasteiger partial charge in [0.25, 0.3) is 5.91 Å². The Kier molecular flexibility index (Phi) is 8.03. The molecule has 1 aromatic carbocycles. The molecule has 2 atom stereocenters. The van der Waals surface area contributed by atoms with E-state index in [0.29, 0.717) is 32.2 Å². The molecule has 0 unspecified atom stereocenters. The van der Waals surface area contributed by atoms with Crippen molar-refractivity contribution in [1.29, 1.82) is 0 Å². The second kappa shape index (κ2) is 11.2. The van der Waals surface area contributed by atoms with Gasteiger partial charge in [-0.15, -0.1) is 0 Å². The Hall–Kier alpha value is -2.84. The molecule has 2 bridgehead atoms. The van der Waals surface area contributed by atoms with Crippen molar-refractivity contribution in [2.45, 2.75) is 96.6 Å². The first kappa shape index (κ1) is 28.7. The molecule has 0 aliphatic heterocycles. The highest BCUT2D eigenvalue weighted by Gasteiger charge is 2.48. The minimum atomic E-state index is -0.832. The van der Waals surface area contributed by atoms with Crippen LogP contribution in [0.5, 0.6) is 11.5 Å². The summed E-state index contributed by atoms with van der Waals surface area (Å²) in [6, 6.07) is 2.24. The lowest BCUT2D eigenvalue weighted by Crippen LogP contribution is -2.58. The summed E-state index contributed by atoms with van der Waals surface area (Å²) in [5.74, 6) is -1.64. The number of benzene rings is 1. The van der Waals surface area contributed by atoms with Gasteiger partial charge in [0.15, 0.2) is 11.6 Å². The molecule has 8 nitrogen and oxygen atoms in total. The Morgan fingerprint density at radius 3 is 2.20 bits per heavy atom. The van der Waals surface area contributed by atoms with Gasteiger partial charge < -0.3 is 25.2 Å². The Balaban J connectivity index is 1.30. The van der Waals surface area contributed by atoms with Crippen LogP contribution in [0.1, 0.15) is 94.8 Å². The minimum absolute atomic E-state index is 0.0218. The third kappa shape index (κ3) is 5.66. The van der Waals surface area contributed by atoms with Crippen LogP contribution in [0.3, 0.4) is 0 Å². The molecule has 0 aromatic heterocycles. The summed E-state index contributed by atoms with van der Waals surface area (Å²) >= 11 is 0. The van der Waals surface area contributed by atoms with Gasteiger partial charge in [-0.05, 0) is 94.4 Å². The summed E-state index contributed by atoms with van der Waals surface area (Å²) in [7, 11) is 1.39. The quantitative estimate of drug-likeness (QED) is 0.389. The summed E-state index contributed by atoms with van der Waals surface area (Å²) in [6.45, 7) is 4.60. The molecule has 0 radical (unpaired) electrons. The van der Waals surface area contributed by atoms with E-state index in [1.165, 1.54) is 19.6 Å². The van der Waals surface area contributed by atoms with E-state index in [1.54, 1.807) is 6.92 Å². The lowest BCUT2D eigenvalue weighted by molar-refractivity contribution is -0.150. The number of ether oxygens (including phenoxy) is 2. The smallest absolute Gasteiger partial charge is 0.309 e. The molecule has 2 amide bonds. The molecule has 5 saturated carbocycles. The monoisotopic (exact) mass is 558 g/mol. The number of fused-ring (bicyclic) bond motifs is 3. The van der Waals surface area contributed by atoms with Crippen molar-refractivity contribution in [3.05, 3.63) is 23.5 Å². The van der Waals surface area contributed by atoms with Crippen LogP contribution in [-0.4, -0.2) is 48.7 Å². The van der Waals surface area contributed by atoms with Crippen LogP contribution in [0.25, 0.3) is 0 Å². The molecule has 220 valence electrons. The molecule has 0 spiro atoms. The summed E-state index contributed by atoms with van der Waals surface area (Å²) in [5.41, 5.74) is -0.473. The van der Waals surface area contributed by atoms with E-state index in [4.69, 9.17) is 9.47 Å². The van der Waals surface area contributed by atoms with E-state index in [0.717, 1.165) is 44.6 Å². The zero-order valence-corrected chi connectivity index (χ0v) is 23.9. The summed E-state index contributed by atoms with van der Waals surface area (Å²) < 4.78 is 26.3. The molecule has 40 heavy (non-hydrogen) atoms. The predicted octanol–water partition coefficient (Wildman–Crippen LogP) is 5.09. The predicted molar refractivity (Wildman–Crippen MR) is 147 cm³/mol. The van der Waals surface area contributed by atoms with Crippen molar-refractivity contribution in [1.82, 2.24) is 10.6 Å². The van der Waals surface area contributed by atoms with Crippen LogP contribution in [0.4, 0.5) is 4.39 Å². The number of hydrogen-bond donors (Lipinski definition) is 3. The summed E-state index contributed by atoms with van der Waals surface area (Å²) in [5, 5.41) is 15.8. The van der Waals surface area contributed by atoms with Gasteiger partial charge in [-0.25, -0.2) is 4.39 Å². The highest BCUT2D eigenvalue weighted by atomic mass is 19.1. The number of carboxylic acid groups (broad SMARTS) is 1. The topological polar surface area (TPSA) is 114 Å². The van der Waals surface area contributed by atoms with Crippen LogP contribution >= 0.6 is 0 Å². The van der Waals surface area contributed by atoms with E-state index in [1.807, 2.05) is 0 Å². The van der Waals surface area contributed by atoms with Crippen molar-refractivity contribution < 1.29 is 33.4 Å². The molecule has 5 aliphatic carbocycles. The number of carboxylic acids is 1. The van der Waals surface area contributed by atoms with Crippen molar-refractivity contribution in [2.75, 3.05) is 13.7 Å². The van der Waals surface area contributed by atoms with Gasteiger partial charge in [-0.3, -0.25) is 14.4 Å². The van der Waals surface area contributed by atoms with Gasteiger partial charge >= 0.3 is 5.97 Å². The van der Waals surface area contributed by atoms with Crippen molar-refractivity contribution in [3.8, 4) is 11.5 Å². The fraction of sp³-hybridized carbons (Fsp3) is 0.710. The van der Waals surface area contributed by atoms with E-state index in [2.05, 4.69) is 17.6 Å². The molecule has 3 N–H and O–H groups in total. The number of methoxy groups -OCH3 is 1. The zero-order valence-electron chi connectivity index (χ0n) is 23.9. The molecular formula is C31H43FN2O6. The van der Waals surface area contributed by atoms with Gasteiger partial charge in [-0.1, -0.05) is 13.3 Å². The maximum absolute atomic E-state index is 15.0. The lowest BCUT2D eigenvalue weighted by Gasteiger charge is -2.48. The normalized spacial score (nSPS) is 32.5. The Bertz CT molecular complexity index is 1130. The SMILES string of the molecule is COc1cc(F)c(OC2CCC(C)(C(=O)O)CC2)cc1C(=O)N[C@@H]1C2CCC(CC2)[C@@H]1C(=O)NCC1(C)CCC1. The maximum Gasteiger partial charge on any atom is 0.309 e. The molecule has 6 rings (SSSR count). The number of amides is 2. The van der Waals surface area contributed by atoms with Gasteiger partial charge in [0.2, 0.25) is 5.91 Å². The second-order valence-electron chi connectivity index (χ2n) is 13.2. The fourth-order valence-corrected chi connectivity index (χ4v) is 7.35. The third-order valence-electron chi connectivity index (χ3n) is 10.4. The number of carbonyl (C=O) groups excluding carboxylic acids is 2. The highest BCUT2D eigenvalue weighted by Crippen LogP contribution is 2.46. The first-order valence-electron chi connectivity index (χ1n) is 14.9. The minimum Gasteiger partial charge on any atom is -0.496 e. The molecule has 0 heterocycles. The van der Waals surface area contributed by atoms with E-state index in [9.17, 15) is 23.9 Å². The number of halogens is 1. The lowest BCUT2D eigenvalue weighted by atomic mass is 9.61. The maximum atomic E-state index is 15.0. The second-order valence-corrected chi connectivity index (χ2v) is 13.2. The van der Waals surface area contributed by atoms with Crippen molar-refractivity contribution in [2.24, 2.45) is 28.6 Å². The number of nitrogens with one attached hydrogen (secondary N) is 2. The van der Waals surface area contributed by atoms with E-state index >= 15 is 0 Å².